The first-order valence-electron chi connectivity index (χ1n) is 10.2. The molecular weight excluding hydrogens is 463 g/mol. The first-order valence-corrected chi connectivity index (χ1v) is 11.4. The first kappa shape index (κ1) is 22.9. The van der Waals surface area contributed by atoms with Crippen LogP contribution in [0.5, 0.6) is 11.5 Å². The van der Waals surface area contributed by atoms with Gasteiger partial charge in [-0.3, -0.25) is 4.79 Å². The van der Waals surface area contributed by atoms with Gasteiger partial charge in [-0.05, 0) is 72.8 Å². The predicted octanol–water partition coefficient (Wildman–Crippen LogP) is 6.35. The molecule has 0 bridgehead atoms. The van der Waals surface area contributed by atoms with Crippen LogP contribution in [-0.2, 0) is 11.4 Å². The third kappa shape index (κ3) is 5.94. The van der Waals surface area contributed by atoms with Gasteiger partial charge in [-0.15, -0.1) is 0 Å². The summed E-state index contributed by atoms with van der Waals surface area (Å²) in [5.41, 5.74) is 2.21. The van der Waals surface area contributed by atoms with Gasteiger partial charge in [0, 0.05) is 10.6 Å². The highest BCUT2D eigenvalue weighted by Gasteiger charge is 2.24. The van der Waals surface area contributed by atoms with E-state index in [9.17, 15) is 9.18 Å². The van der Waals surface area contributed by atoms with Crippen LogP contribution in [0.2, 0.25) is 5.02 Å². The number of halogens is 2. The zero-order valence-corrected chi connectivity index (χ0v) is 19.3. The minimum Gasteiger partial charge on any atom is -0.490 e. The lowest BCUT2D eigenvalue weighted by molar-refractivity contribution is -0.115. The molecule has 1 N–H and O–H groups in total. The molecule has 168 valence electrons. The van der Waals surface area contributed by atoms with Crippen molar-refractivity contribution in [1.29, 1.82) is 0 Å². The summed E-state index contributed by atoms with van der Waals surface area (Å²) in [6.07, 6.45) is 1.76. The van der Waals surface area contributed by atoms with E-state index in [1.807, 2.05) is 43.3 Å². The van der Waals surface area contributed by atoms with E-state index in [0.29, 0.717) is 45.5 Å². The van der Waals surface area contributed by atoms with Crippen LogP contribution in [0.4, 0.5) is 10.1 Å². The lowest BCUT2D eigenvalue weighted by atomic mass is 10.2. The van der Waals surface area contributed by atoms with Crippen LogP contribution >= 0.6 is 23.4 Å². The molecule has 3 aromatic rings. The van der Waals surface area contributed by atoms with Crippen molar-refractivity contribution >= 4 is 46.2 Å². The lowest BCUT2D eigenvalue weighted by Gasteiger charge is -2.13. The highest BCUT2D eigenvalue weighted by molar-refractivity contribution is 8.18. The van der Waals surface area contributed by atoms with Gasteiger partial charge in [-0.25, -0.2) is 9.38 Å². The van der Waals surface area contributed by atoms with Gasteiger partial charge in [0.1, 0.15) is 12.4 Å². The van der Waals surface area contributed by atoms with E-state index in [0.717, 1.165) is 11.1 Å². The smallest absolute Gasteiger partial charge is 0.264 e. The molecule has 1 saturated heterocycles. The minimum absolute atomic E-state index is 0.252. The number of aliphatic imine (C=N–C) groups is 1. The average molecular weight is 483 g/mol. The summed E-state index contributed by atoms with van der Waals surface area (Å²) in [6.45, 7) is 2.66. The Morgan fingerprint density at radius 2 is 1.85 bits per heavy atom. The Morgan fingerprint density at radius 3 is 2.61 bits per heavy atom. The molecule has 1 fully saturated rings. The Labute approximate surface area is 200 Å². The molecule has 3 aromatic carbocycles. The monoisotopic (exact) mass is 482 g/mol. The van der Waals surface area contributed by atoms with Crippen LogP contribution in [0.1, 0.15) is 18.1 Å². The molecule has 0 atom stereocenters. The van der Waals surface area contributed by atoms with E-state index < -0.39 is 0 Å². The Hall–Kier alpha value is -3.29. The largest absolute Gasteiger partial charge is 0.490 e. The third-order valence-electron chi connectivity index (χ3n) is 4.61. The molecular formula is C25H20ClFN2O3S. The summed E-state index contributed by atoms with van der Waals surface area (Å²) in [5.74, 6) is 0.563. The number of thioether (sulfide) groups is 1. The molecule has 8 heteroatoms. The van der Waals surface area contributed by atoms with E-state index >= 15 is 0 Å². The Morgan fingerprint density at radius 1 is 1.06 bits per heavy atom. The van der Waals surface area contributed by atoms with E-state index in [-0.39, 0.29) is 11.7 Å². The van der Waals surface area contributed by atoms with Crippen LogP contribution in [0.25, 0.3) is 6.08 Å². The van der Waals surface area contributed by atoms with E-state index in [1.165, 1.54) is 23.9 Å². The van der Waals surface area contributed by atoms with Crippen molar-refractivity contribution < 1.29 is 18.7 Å². The van der Waals surface area contributed by atoms with E-state index in [4.69, 9.17) is 21.1 Å². The highest BCUT2D eigenvalue weighted by atomic mass is 35.5. The Bertz CT molecular complexity index is 1230. The van der Waals surface area contributed by atoms with Gasteiger partial charge in [0.15, 0.2) is 16.7 Å². The third-order valence-corrected chi connectivity index (χ3v) is 5.89. The Balaban J connectivity index is 1.51. The SMILES string of the molecule is CCOc1cc(/C=C2\SC(=Nc3ccc(F)cc3)NC2=O)ccc1OCc1ccccc1Cl. The normalized spacial score (nSPS) is 15.7. The van der Waals surface area contributed by atoms with Crippen molar-refractivity contribution in [3.05, 3.63) is 93.6 Å². The topological polar surface area (TPSA) is 59.9 Å². The number of hydrogen-bond acceptors (Lipinski definition) is 5. The van der Waals surface area contributed by atoms with Gasteiger partial charge in [0.25, 0.3) is 5.91 Å². The molecule has 4 rings (SSSR count). The molecule has 5 nitrogen and oxygen atoms in total. The number of hydrogen-bond donors (Lipinski definition) is 1. The van der Waals surface area contributed by atoms with Crippen molar-refractivity contribution in [2.24, 2.45) is 4.99 Å². The number of amides is 1. The number of benzene rings is 3. The fourth-order valence-electron chi connectivity index (χ4n) is 3.04. The van der Waals surface area contributed by atoms with Crippen molar-refractivity contribution in [2.75, 3.05) is 6.61 Å². The number of carbonyl (C=O) groups is 1. The minimum atomic E-state index is -0.341. The lowest BCUT2D eigenvalue weighted by Crippen LogP contribution is -2.19. The summed E-state index contributed by atoms with van der Waals surface area (Å²) in [7, 11) is 0. The van der Waals surface area contributed by atoms with Crippen molar-refractivity contribution in [1.82, 2.24) is 5.32 Å². The van der Waals surface area contributed by atoms with Gasteiger partial charge >= 0.3 is 0 Å². The van der Waals surface area contributed by atoms with Crippen molar-refractivity contribution in [2.45, 2.75) is 13.5 Å². The van der Waals surface area contributed by atoms with E-state index in [2.05, 4.69) is 10.3 Å². The molecule has 0 aromatic heterocycles. The fraction of sp³-hybridized carbons (Fsp3) is 0.120. The second-order valence-corrected chi connectivity index (χ2v) is 8.42. The standard InChI is InChI=1S/C25H20ClFN2O3S/c1-2-31-22-13-16(7-12-21(22)32-15-17-5-3-4-6-20(17)26)14-23-24(30)29-25(33-23)28-19-10-8-18(27)9-11-19/h3-14H,2,15H2,1H3,(H,28,29,30)/b23-14-. The summed E-state index contributed by atoms with van der Waals surface area (Å²) in [5, 5.41) is 3.80. The average Bonchev–Trinajstić information content (AvgIpc) is 3.14. The summed E-state index contributed by atoms with van der Waals surface area (Å²) in [6, 6.07) is 18.7. The molecule has 0 unspecified atom stereocenters. The predicted molar refractivity (Wildman–Crippen MR) is 131 cm³/mol. The number of rotatable bonds is 7. The van der Waals surface area contributed by atoms with Crippen molar-refractivity contribution in [3.8, 4) is 11.5 Å². The Kier molecular flexibility index (Phi) is 7.32. The molecule has 1 aliphatic rings. The van der Waals surface area contributed by atoms with E-state index in [1.54, 1.807) is 24.3 Å². The van der Waals surface area contributed by atoms with Crippen LogP contribution in [0.15, 0.2) is 76.6 Å². The number of ether oxygens (including phenoxy) is 2. The molecule has 1 amide bonds. The number of amidine groups is 1. The number of nitrogens with one attached hydrogen (secondary N) is 1. The van der Waals surface area contributed by atoms with Gasteiger partial charge in [-0.2, -0.15) is 0 Å². The molecule has 1 heterocycles. The second kappa shape index (κ2) is 10.6. The van der Waals surface area contributed by atoms with Crippen LogP contribution in [0.3, 0.4) is 0 Å². The zero-order valence-electron chi connectivity index (χ0n) is 17.7. The maximum absolute atomic E-state index is 13.1. The summed E-state index contributed by atoms with van der Waals surface area (Å²) < 4.78 is 24.8. The quantitative estimate of drug-likeness (QED) is 0.399. The molecule has 0 aliphatic carbocycles. The van der Waals surface area contributed by atoms with Crippen LogP contribution < -0.4 is 14.8 Å². The van der Waals surface area contributed by atoms with Crippen LogP contribution in [0, 0.1) is 5.82 Å². The maximum atomic E-state index is 13.1. The van der Waals surface area contributed by atoms with Crippen LogP contribution in [-0.4, -0.2) is 17.7 Å². The second-order valence-electron chi connectivity index (χ2n) is 6.98. The zero-order chi connectivity index (χ0) is 23.2. The molecule has 33 heavy (non-hydrogen) atoms. The fourth-order valence-corrected chi connectivity index (χ4v) is 4.07. The highest BCUT2D eigenvalue weighted by Crippen LogP contribution is 2.33. The summed E-state index contributed by atoms with van der Waals surface area (Å²) >= 11 is 7.42. The molecule has 0 saturated carbocycles. The number of nitrogens with zero attached hydrogens (tertiary/aromatic N) is 1. The number of carbonyl (C=O) groups excluding carboxylic acids is 1. The van der Waals surface area contributed by atoms with Gasteiger partial charge in [0.05, 0.1) is 17.2 Å². The summed E-state index contributed by atoms with van der Waals surface area (Å²) in [4.78, 5) is 17.2. The maximum Gasteiger partial charge on any atom is 0.264 e. The van der Waals surface area contributed by atoms with Gasteiger partial charge in [-0.1, -0.05) is 35.9 Å². The van der Waals surface area contributed by atoms with Crippen molar-refractivity contribution in [3.63, 3.8) is 0 Å². The van der Waals surface area contributed by atoms with Gasteiger partial charge < -0.3 is 14.8 Å². The molecule has 0 spiro atoms. The first-order chi connectivity index (χ1) is 16.0. The molecule has 0 radical (unpaired) electrons. The molecule has 1 aliphatic heterocycles. The van der Waals surface area contributed by atoms with Gasteiger partial charge in [0.2, 0.25) is 0 Å².